The van der Waals surface area contributed by atoms with Gasteiger partial charge in [-0.2, -0.15) is 0 Å². The molecule has 1 aromatic rings. The predicted molar refractivity (Wildman–Crippen MR) is 85.5 cm³/mol. The molecular formula is C17H25FN2O2. The van der Waals surface area contributed by atoms with Gasteiger partial charge >= 0.3 is 0 Å². The Balaban J connectivity index is 1.79. The van der Waals surface area contributed by atoms with Gasteiger partial charge in [0.2, 0.25) is 5.91 Å². The Morgan fingerprint density at radius 3 is 3.09 bits per heavy atom. The third kappa shape index (κ3) is 5.30. The molecule has 0 aromatic heterocycles. The Morgan fingerprint density at radius 2 is 2.32 bits per heavy atom. The van der Waals surface area contributed by atoms with E-state index in [9.17, 15) is 9.18 Å². The number of hydrogen-bond acceptors (Lipinski definition) is 3. The molecule has 1 unspecified atom stereocenters. The summed E-state index contributed by atoms with van der Waals surface area (Å²) >= 11 is 0. The second-order valence-electron chi connectivity index (χ2n) is 5.78. The number of rotatable bonds is 7. The van der Waals surface area contributed by atoms with Gasteiger partial charge in [0.1, 0.15) is 5.82 Å². The van der Waals surface area contributed by atoms with Crippen molar-refractivity contribution in [2.24, 2.45) is 0 Å². The van der Waals surface area contributed by atoms with E-state index in [1.807, 2.05) is 6.07 Å². The van der Waals surface area contributed by atoms with Gasteiger partial charge in [0.15, 0.2) is 0 Å². The first kappa shape index (κ1) is 16.7. The van der Waals surface area contributed by atoms with Crippen LogP contribution in [0.15, 0.2) is 24.3 Å². The van der Waals surface area contributed by atoms with E-state index in [-0.39, 0.29) is 17.8 Å². The van der Waals surface area contributed by atoms with E-state index < -0.39 is 0 Å². The molecule has 5 heteroatoms. The molecule has 1 atom stereocenters. The monoisotopic (exact) mass is 308 g/mol. The van der Waals surface area contributed by atoms with Crippen LogP contribution >= 0.6 is 0 Å². The molecule has 1 heterocycles. The Hall–Kier alpha value is -1.62. The molecule has 0 bridgehead atoms. The Labute approximate surface area is 131 Å². The molecule has 1 saturated heterocycles. The lowest BCUT2D eigenvalue weighted by atomic mass is 10.0. The van der Waals surface area contributed by atoms with Crippen LogP contribution in [0.5, 0.6) is 0 Å². The fourth-order valence-corrected chi connectivity index (χ4v) is 2.83. The number of hydrogen-bond donors (Lipinski definition) is 1. The summed E-state index contributed by atoms with van der Waals surface area (Å²) in [4.78, 5) is 14.1. The molecule has 0 aliphatic carbocycles. The molecular weight excluding hydrogens is 283 g/mol. The van der Waals surface area contributed by atoms with Gasteiger partial charge in [0, 0.05) is 45.0 Å². The van der Waals surface area contributed by atoms with Crippen molar-refractivity contribution in [2.45, 2.75) is 38.1 Å². The summed E-state index contributed by atoms with van der Waals surface area (Å²) in [7, 11) is 1.67. The summed E-state index contributed by atoms with van der Waals surface area (Å²) in [6.07, 6.45) is 4.28. The van der Waals surface area contributed by atoms with Crippen molar-refractivity contribution in [1.29, 1.82) is 0 Å². The molecule has 1 aromatic carbocycles. The van der Waals surface area contributed by atoms with Crippen LogP contribution in [0.3, 0.4) is 0 Å². The topological polar surface area (TPSA) is 41.6 Å². The number of nitrogens with zero attached hydrogens (tertiary/aromatic N) is 1. The Kier molecular flexibility index (Phi) is 6.65. The lowest BCUT2D eigenvalue weighted by molar-refractivity contribution is -0.122. The molecule has 1 amide bonds. The first-order chi connectivity index (χ1) is 10.7. The number of halogens is 1. The SMILES string of the molecule is COCCCCC(=O)NC1CCCN(c2cccc(F)c2)C1. The van der Waals surface area contributed by atoms with Gasteiger partial charge in [0.05, 0.1) is 0 Å². The van der Waals surface area contributed by atoms with Crippen LogP contribution in [0.2, 0.25) is 0 Å². The minimum absolute atomic E-state index is 0.0993. The highest BCUT2D eigenvalue weighted by molar-refractivity contribution is 5.76. The number of amides is 1. The molecule has 0 saturated carbocycles. The normalized spacial score (nSPS) is 18.3. The summed E-state index contributed by atoms with van der Waals surface area (Å²) in [5, 5.41) is 3.09. The summed E-state index contributed by atoms with van der Waals surface area (Å²) < 4.78 is 18.3. The third-order valence-corrected chi connectivity index (χ3v) is 3.96. The highest BCUT2D eigenvalue weighted by atomic mass is 19.1. The predicted octanol–water partition coefficient (Wildman–Crippen LogP) is 2.73. The van der Waals surface area contributed by atoms with Gasteiger partial charge in [-0.3, -0.25) is 4.79 Å². The van der Waals surface area contributed by atoms with E-state index in [0.29, 0.717) is 13.0 Å². The van der Waals surface area contributed by atoms with Crippen LogP contribution in [0.1, 0.15) is 32.1 Å². The molecule has 0 radical (unpaired) electrons. The average Bonchev–Trinajstić information content (AvgIpc) is 2.52. The number of unbranched alkanes of at least 4 members (excludes halogenated alkanes) is 1. The number of nitrogens with one attached hydrogen (secondary N) is 1. The minimum Gasteiger partial charge on any atom is -0.385 e. The lowest BCUT2D eigenvalue weighted by Gasteiger charge is -2.34. The van der Waals surface area contributed by atoms with E-state index in [4.69, 9.17) is 4.74 Å². The zero-order chi connectivity index (χ0) is 15.8. The molecule has 122 valence electrons. The summed E-state index contributed by atoms with van der Waals surface area (Å²) in [6, 6.07) is 6.79. The average molecular weight is 308 g/mol. The highest BCUT2D eigenvalue weighted by Gasteiger charge is 2.21. The quantitative estimate of drug-likeness (QED) is 0.788. The van der Waals surface area contributed by atoms with Crippen LogP contribution in [0, 0.1) is 5.82 Å². The number of anilines is 1. The van der Waals surface area contributed by atoms with Gasteiger partial charge in [-0.15, -0.1) is 0 Å². The first-order valence-corrected chi connectivity index (χ1v) is 7.98. The molecule has 4 nitrogen and oxygen atoms in total. The fraction of sp³-hybridized carbons (Fsp3) is 0.588. The van der Waals surface area contributed by atoms with Crippen molar-refractivity contribution < 1.29 is 13.9 Å². The number of piperidine rings is 1. The number of benzene rings is 1. The van der Waals surface area contributed by atoms with E-state index in [2.05, 4.69) is 10.2 Å². The van der Waals surface area contributed by atoms with E-state index >= 15 is 0 Å². The Bertz CT molecular complexity index is 481. The zero-order valence-electron chi connectivity index (χ0n) is 13.2. The van der Waals surface area contributed by atoms with Gasteiger partial charge in [-0.1, -0.05) is 6.07 Å². The summed E-state index contributed by atoms with van der Waals surface area (Å²) in [6.45, 7) is 2.35. The Morgan fingerprint density at radius 1 is 1.45 bits per heavy atom. The van der Waals surface area contributed by atoms with Crippen LogP contribution in [0.4, 0.5) is 10.1 Å². The van der Waals surface area contributed by atoms with Gasteiger partial charge < -0.3 is 15.0 Å². The molecule has 22 heavy (non-hydrogen) atoms. The number of ether oxygens (including phenoxy) is 1. The zero-order valence-corrected chi connectivity index (χ0v) is 13.2. The second kappa shape index (κ2) is 8.73. The second-order valence-corrected chi connectivity index (χ2v) is 5.78. The van der Waals surface area contributed by atoms with Crippen molar-refractivity contribution in [2.75, 3.05) is 31.7 Å². The van der Waals surface area contributed by atoms with Crippen molar-refractivity contribution in [3.8, 4) is 0 Å². The van der Waals surface area contributed by atoms with E-state index in [1.54, 1.807) is 19.2 Å². The molecule has 0 spiro atoms. The minimum atomic E-state index is -0.221. The van der Waals surface area contributed by atoms with Crippen LogP contribution in [0.25, 0.3) is 0 Å². The van der Waals surface area contributed by atoms with Crippen LogP contribution < -0.4 is 10.2 Å². The molecule has 1 aliphatic rings. The molecule has 1 aliphatic heterocycles. The molecule has 1 fully saturated rings. The van der Waals surface area contributed by atoms with Crippen molar-refractivity contribution in [3.05, 3.63) is 30.1 Å². The largest absolute Gasteiger partial charge is 0.385 e. The first-order valence-electron chi connectivity index (χ1n) is 7.98. The molecule has 2 rings (SSSR count). The van der Waals surface area contributed by atoms with Crippen molar-refractivity contribution in [1.82, 2.24) is 5.32 Å². The smallest absolute Gasteiger partial charge is 0.220 e. The van der Waals surface area contributed by atoms with Gasteiger partial charge in [0.25, 0.3) is 0 Å². The maximum Gasteiger partial charge on any atom is 0.220 e. The van der Waals surface area contributed by atoms with Crippen LogP contribution in [-0.4, -0.2) is 38.8 Å². The maximum absolute atomic E-state index is 13.3. The number of carbonyl (C=O) groups is 1. The standard InChI is InChI=1S/C17H25FN2O2/c1-22-11-3-2-9-17(21)19-15-7-5-10-20(13-15)16-8-4-6-14(18)12-16/h4,6,8,12,15H,2-3,5,7,9-11,13H2,1H3,(H,19,21). The van der Waals surface area contributed by atoms with Gasteiger partial charge in [-0.25, -0.2) is 4.39 Å². The highest BCUT2D eigenvalue weighted by Crippen LogP contribution is 2.20. The van der Waals surface area contributed by atoms with E-state index in [0.717, 1.165) is 44.5 Å². The number of methoxy groups -OCH3 is 1. The molecule has 1 N–H and O–H groups in total. The van der Waals surface area contributed by atoms with Crippen LogP contribution in [-0.2, 0) is 9.53 Å². The van der Waals surface area contributed by atoms with Crippen molar-refractivity contribution in [3.63, 3.8) is 0 Å². The lowest BCUT2D eigenvalue weighted by Crippen LogP contribution is -2.47. The third-order valence-electron chi connectivity index (χ3n) is 3.96. The van der Waals surface area contributed by atoms with E-state index in [1.165, 1.54) is 6.07 Å². The van der Waals surface area contributed by atoms with Crippen molar-refractivity contribution >= 4 is 11.6 Å². The summed E-state index contributed by atoms with van der Waals surface area (Å²) in [5.41, 5.74) is 0.888. The number of carbonyl (C=O) groups excluding carboxylic acids is 1. The van der Waals surface area contributed by atoms with Gasteiger partial charge in [-0.05, 0) is 43.9 Å². The maximum atomic E-state index is 13.3. The fourth-order valence-electron chi connectivity index (χ4n) is 2.83. The summed E-state index contributed by atoms with van der Waals surface area (Å²) in [5.74, 6) is -0.121.